The van der Waals surface area contributed by atoms with Crippen LogP contribution in [-0.4, -0.2) is 130 Å². The summed E-state index contributed by atoms with van der Waals surface area (Å²) in [7, 11) is -2.17. The second-order valence-corrected chi connectivity index (χ2v) is 5.31. The van der Waals surface area contributed by atoms with Crippen LogP contribution in [0.3, 0.4) is 0 Å². The molecule has 0 spiro atoms. The molecule has 2 aliphatic rings. The molecule has 152 valence electrons. The highest BCUT2D eigenvalue weighted by molar-refractivity contribution is 6.30. The topological polar surface area (TPSA) is 173 Å². The lowest BCUT2D eigenvalue weighted by Crippen LogP contribution is -2.31. The zero-order chi connectivity index (χ0) is 19.8. The average Bonchev–Trinajstić information content (AvgIpc) is 3.20. The van der Waals surface area contributed by atoms with Crippen molar-refractivity contribution in [3.63, 3.8) is 0 Å². The van der Waals surface area contributed by atoms with Crippen molar-refractivity contribution in [3.05, 3.63) is 0 Å². The van der Waals surface area contributed by atoms with Crippen LogP contribution >= 0.6 is 0 Å². The van der Waals surface area contributed by atoms with Gasteiger partial charge in [-0.1, -0.05) is 0 Å². The monoisotopic (exact) mass is 378 g/mol. The fourth-order valence-electron chi connectivity index (χ4n) is 2.46. The van der Waals surface area contributed by atoms with Gasteiger partial charge >= 0.3 is 7.32 Å². The molecule has 0 radical (unpaired) electrons. The molecular weight excluding hydrogens is 347 g/mol. The first-order valence-electron chi connectivity index (χ1n) is 8.54. The van der Waals surface area contributed by atoms with Crippen LogP contribution in [0.4, 0.5) is 0 Å². The Kier molecular flexibility index (Phi) is 15.2. The molecule has 2 rings (SSSR count). The fourth-order valence-corrected chi connectivity index (χ4v) is 2.46. The predicted molar refractivity (Wildman–Crippen MR) is 97.7 cm³/mol. The molecule has 2 aliphatic heterocycles. The van der Waals surface area contributed by atoms with Crippen molar-refractivity contribution < 1.29 is 35.5 Å². The number of amidine groups is 2. The van der Waals surface area contributed by atoms with E-state index in [9.17, 15) is 0 Å². The molecule has 0 unspecified atom stereocenters. The average molecular weight is 378 g/mol. The van der Waals surface area contributed by atoms with E-state index in [0.29, 0.717) is 25.9 Å². The van der Waals surface area contributed by atoms with Gasteiger partial charge in [0.25, 0.3) is 0 Å². The minimum absolute atomic E-state index is 0.140. The second-order valence-electron chi connectivity index (χ2n) is 5.31. The Morgan fingerprint density at radius 3 is 1.31 bits per heavy atom. The minimum atomic E-state index is -2.17. The summed E-state index contributed by atoms with van der Waals surface area (Å²) in [6.45, 7) is 5.24. The summed E-state index contributed by atoms with van der Waals surface area (Å²) in [6.07, 6.45) is 1.22. The third-order valence-corrected chi connectivity index (χ3v) is 3.47. The predicted octanol–water partition coefficient (Wildman–Crippen LogP) is -3.90. The van der Waals surface area contributed by atoms with E-state index in [1.165, 1.54) is 0 Å². The van der Waals surface area contributed by atoms with Gasteiger partial charge in [-0.2, -0.15) is 0 Å². The van der Waals surface area contributed by atoms with E-state index in [1.54, 1.807) is 0 Å². The van der Waals surface area contributed by atoms with Crippen molar-refractivity contribution in [2.75, 3.05) is 65.7 Å². The van der Waals surface area contributed by atoms with Gasteiger partial charge in [0.05, 0.1) is 39.5 Å². The van der Waals surface area contributed by atoms with Crippen molar-refractivity contribution in [1.82, 2.24) is 9.80 Å². The van der Waals surface area contributed by atoms with Gasteiger partial charge in [0.15, 0.2) is 0 Å². The standard InChI is InChI=1S/2C7H14N2O2.BH3O3/c2*10-5-1-7-8-2-3-9(7)4-6-11;2-1(3)4/h2*10-11H,1-6H2;2-4H. The third kappa shape index (κ3) is 11.4. The van der Waals surface area contributed by atoms with E-state index in [-0.39, 0.29) is 26.4 Å². The first kappa shape index (κ1) is 24.7. The molecular formula is C14H31BN4O7. The van der Waals surface area contributed by atoms with Crippen molar-refractivity contribution in [2.45, 2.75) is 12.8 Å². The number of hydrogen-bond acceptors (Lipinski definition) is 11. The molecule has 0 amide bonds. The summed E-state index contributed by atoms with van der Waals surface area (Å²) in [4.78, 5) is 12.4. The smallest absolute Gasteiger partial charge is 0.402 e. The number of aliphatic hydroxyl groups excluding tert-OH is 4. The highest BCUT2D eigenvalue weighted by Crippen LogP contribution is 2.04. The molecule has 0 aliphatic carbocycles. The maximum Gasteiger partial charge on any atom is 0.631 e. The molecule has 0 bridgehead atoms. The molecule has 2 heterocycles. The maximum atomic E-state index is 8.65. The Labute approximate surface area is 153 Å². The first-order chi connectivity index (χ1) is 12.5. The molecule has 0 aromatic heterocycles. The largest absolute Gasteiger partial charge is 0.631 e. The highest BCUT2D eigenvalue weighted by Gasteiger charge is 2.15. The van der Waals surface area contributed by atoms with Crippen LogP contribution in [0.1, 0.15) is 12.8 Å². The van der Waals surface area contributed by atoms with Crippen LogP contribution in [-0.2, 0) is 0 Å². The van der Waals surface area contributed by atoms with Crippen molar-refractivity contribution in [3.8, 4) is 0 Å². The summed E-state index contributed by atoms with van der Waals surface area (Å²) < 4.78 is 0. The molecule has 0 atom stereocenters. The van der Waals surface area contributed by atoms with E-state index in [1.807, 2.05) is 9.80 Å². The summed E-state index contributed by atoms with van der Waals surface area (Å²) in [5, 5.41) is 56.1. The van der Waals surface area contributed by atoms with Gasteiger partial charge in [-0.25, -0.2) is 0 Å². The van der Waals surface area contributed by atoms with Gasteiger partial charge in [-0.15, -0.1) is 0 Å². The normalized spacial score (nSPS) is 15.7. The fraction of sp³-hybridized carbons (Fsp3) is 0.857. The van der Waals surface area contributed by atoms with Crippen LogP contribution in [0.5, 0.6) is 0 Å². The zero-order valence-corrected chi connectivity index (χ0v) is 15.0. The second kappa shape index (κ2) is 15.9. The van der Waals surface area contributed by atoms with Gasteiger partial charge in [-0.3, -0.25) is 9.98 Å². The van der Waals surface area contributed by atoms with E-state index < -0.39 is 7.32 Å². The van der Waals surface area contributed by atoms with E-state index in [4.69, 9.17) is 35.5 Å². The number of aliphatic hydroxyl groups is 4. The van der Waals surface area contributed by atoms with Crippen LogP contribution in [0.25, 0.3) is 0 Å². The van der Waals surface area contributed by atoms with Crippen molar-refractivity contribution in [1.29, 1.82) is 0 Å². The number of aliphatic imine (C=N–C) groups is 2. The molecule has 7 N–H and O–H groups in total. The summed E-state index contributed by atoms with van der Waals surface area (Å²) in [5.41, 5.74) is 0. The molecule has 0 saturated carbocycles. The van der Waals surface area contributed by atoms with Crippen LogP contribution < -0.4 is 0 Å². The number of β-amino-alcohol motifs (C(OH)–C–C–N with tert-alkyl or cyclic N) is 2. The molecule has 11 nitrogen and oxygen atoms in total. The molecule has 0 aromatic carbocycles. The van der Waals surface area contributed by atoms with Gasteiger partial charge < -0.3 is 45.3 Å². The molecule has 12 heteroatoms. The summed E-state index contributed by atoms with van der Waals surface area (Å²) >= 11 is 0. The van der Waals surface area contributed by atoms with Gasteiger partial charge in [0, 0.05) is 39.0 Å². The van der Waals surface area contributed by atoms with E-state index >= 15 is 0 Å². The lowest BCUT2D eigenvalue weighted by atomic mass is 10.3. The Balaban J connectivity index is 0.000000401. The number of hydrogen-bond donors (Lipinski definition) is 7. The highest BCUT2D eigenvalue weighted by atomic mass is 16.5. The van der Waals surface area contributed by atoms with Crippen molar-refractivity contribution >= 4 is 19.0 Å². The Morgan fingerprint density at radius 1 is 0.692 bits per heavy atom. The summed E-state index contributed by atoms with van der Waals surface area (Å²) in [5.74, 6) is 1.86. The van der Waals surface area contributed by atoms with Gasteiger partial charge in [0.1, 0.15) is 11.7 Å². The lowest BCUT2D eigenvalue weighted by Gasteiger charge is -2.17. The van der Waals surface area contributed by atoms with Gasteiger partial charge in [0.2, 0.25) is 0 Å². The van der Waals surface area contributed by atoms with Gasteiger partial charge in [-0.05, 0) is 0 Å². The van der Waals surface area contributed by atoms with Crippen molar-refractivity contribution in [2.24, 2.45) is 9.98 Å². The van der Waals surface area contributed by atoms with Crippen LogP contribution in [0, 0.1) is 0 Å². The zero-order valence-electron chi connectivity index (χ0n) is 15.0. The number of rotatable bonds is 8. The quantitative estimate of drug-likeness (QED) is 0.208. The Bertz CT molecular complexity index is 376. The Hall–Kier alpha value is -1.28. The molecule has 0 saturated heterocycles. The van der Waals surface area contributed by atoms with Crippen LogP contribution in [0.15, 0.2) is 9.98 Å². The minimum Gasteiger partial charge on any atom is -0.402 e. The Morgan fingerprint density at radius 2 is 1.04 bits per heavy atom. The third-order valence-electron chi connectivity index (χ3n) is 3.47. The molecule has 0 fully saturated rings. The maximum absolute atomic E-state index is 8.65. The van der Waals surface area contributed by atoms with E-state index in [2.05, 4.69) is 9.98 Å². The van der Waals surface area contributed by atoms with Crippen LogP contribution in [0.2, 0.25) is 0 Å². The molecule has 0 aromatic rings. The molecule has 26 heavy (non-hydrogen) atoms. The summed E-state index contributed by atoms with van der Waals surface area (Å²) in [6, 6.07) is 0. The first-order valence-corrected chi connectivity index (χ1v) is 8.54. The van der Waals surface area contributed by atoms with E-state index in [0.717, 1.165) is 37.9 Å². The SMILES string of the molecule is OB(O)O.OCCC1=NCCN1CCO.OCCC1=NCCN1CCO. The number of nitrogens with zero attached hydrogens (tertiary/aromatic N) is 4. The lowest BCUT2D eigenvalue weighted by molar-refractivity contribution is 0.250.